The van der Waals surface area contributed by atoms with Gasteiger partial charge in [0.05, 0.1) is 0 Å². The Morgan fingerprint density at radius 1 is 0.636 bits per heavy atom. The molecular formula is C43H48Hf. The average Bonchev–Trinajstić information content (AvgIpc) is 3.62. The summed E-state index contributed by atoms with van der Waals surface area (Å²) >= 11 is -3.08. The molecule has 1 aliphatic heterocycles. The van der Waals surface area contributed by atoms with E-state index in [1.54, 1.807) is 22.3 Å². The molecule has 2 unspecified atom stereocenters. The quantitative estimate of drug-likeness (QED) is 0.173. The molecule has 7 rings (SSSR count). The molecule has 44 heavy (non-hydrogen) atoms. The summed E-state index contributed by atoms with van der Waals surface area (Å²) in [5, 5.41) is 0. The first-order chi connectivity index (χ1) is 21.1. The van der Waals surface area contributed by atoms with Crippen molar-refractivity contribution in [1.82, 2.24) is 0 Å². The molecule has 224 valence electrons. The standard InChI is InChI=1S/C41H42.2CH3.Hf/c1-7-20-41(6,35-23-33-16-10-18-37(39(33)25-35)31-14-8-12-29(21-31)27(2)3)36-24-34-17-11-19-38(40(34)26-36)32-15-9-13-30(22-32)28(4)5;;;/h8-19,21-28H,7,20H2,1-6H3;2*1H3;. The van der Waals surface area contributed by atoms with Crippen molar-refractivity contribution >= 4 is 12.2 Å². The summed E-state index contributed by atoms with van der Waals surface area (Å²) in [6.45, 7) is 14.2. The van der Waals surface area contributed by atoms with Gasteiger partial charge in [-0.1, -0.05) is 0 Å². The molecule has 1 saturated heterocycles. The Kier molecular flexibility index (Phi) is 7.44. The Morgan fingerprint density at radius 3 is 1.48 bits per heavy atom. The second-order valence-electron chi connectivity index (χ2n) is 15.1. The monoisotopic (exact) mass is 744 g/mol. The topological polar surface area (TPSA) is 0 Å². The Bertz CT molecular complexity index is 1700. The van der Waals surface area contributed by atoms with Gasteiger partial charge in [0.15, 0.2) is 0 Å². The van der Waals surface area contributed by atoms with E-state index in [1.165, 1.54) is 57.3 Å². The van der Waals surface area contributed by atoms with Crippen molar-refractivity contribution in [3.05, 3.63) is 129 Å². The summed E-state index contributed by atoms with van der Waals surface area (Å²) in [6, 6.07) is 33.0. The third kappa shape index (κ3) is 4.47. The maximum atomic E-state index is 2.78. The van der Waals surface area contributed by atoms with Crippen LogP contribution in [-0.2, 0) is 20.0 Å². The summed E-state index contributed by atoms with van der Waals surface area (Å²) in [7, 11) is 0. The fourth-order valence-corrected chi connectivity index (χ4v) is 26.5. The summed E-state index contributed by atoms with van der Waals surface area (Å²) in [5.41, 5.74) is 18.2. The van der Waals surface area contributed by atoms with Crippen LogP contribution in [0.1, 0.15) is 107 Å². The van der Waals surface area contributed by atoms with Gasteiger partial charge in [-0.15, -0.1) is 0 Å². The first-order valence-electron chi connectivity index (χ1n) is 17.0. The van der Waals surface area contributed by atoms with Crippen LogP contribution in [0, 0.1) is 5.41 Å². The molecular weight excluding hydrogens is 695 g/mol. The van der Waals surface area contributed by atoms with Crippen molar-refractivity contribution in [2.45, 2.75) is 82.9 Å². The Morgan fingerprint density at radius 2 is 1.07 bits per heavy atom. The predicted molar refractivity (Wildman–Crippen MR) is 188 cm³/mol. The molecule has 0 amide bonds. The van der Waals surface area contributed by atoms with Crippen LogP contribution in [0.2, 0.25) is 9.36 Å². The Balaban J connectivity index is 1.42. The Hall–Kier alpha value is -2.77. The molecule has 4 aromatic rings. The second-order valence-corrected chi connectivity index (χ2v) is 32.4. The van der Waals surface area contributed by atoms with Crippen LogP contribution < -0.4 is 0 Å². The van der Waals surface area contributed by atoms with Crippen LogP contribution in [0.5, 0.6) is 0 Å². The van der Waals surface area contributed by atoms with Gasteiger partial charge in [0.2, 0.25) is 0 Å². The molecule has 0 saturated carbocycles. The van der Waals surface area contributed by atoms with Gasteiger partial charge in [0.25, 0.3) is 0 Å². The first kappa shape index (κ1) is 29.9. The number of rotatable bonds is 6. The van der Waals surface area contributed by atoms with Crippen LogP contribution in [0.4, 0.5) is 0 Å². The molecule has 1 heteroatoms. The van der Waals surface area contributed by atoms with Gasteiger partial charge in [-0.3, -0.25) is 0 Å². The molecule has 3 aliphatic rings. The molecule has 2 atom stereocenters. The predicted octanol–water partition coefficient (Wildman–Crippen LogP) is 12.9. The minimum absolute atomic E-state index is 0.0751. The third-order valence-electron chi connectivity index (χ3n) is 11.4. The normalized spacial score (nSPS) is 22.8. The SMILES string of the molecule is CCCC1(C)C2=Cc3c(-c4cccc(C(C)C)c4)cccc3[CH]2[Hf]([CH3])([CH3])[CH]2C1=Cc1c(-c3cccc(C(C)C)c3)cccc12. The fourth-order valence-electron chi connectivity index (χ4n) is 9.12. The van der Waals surface area contributed by atoms with Crippen LogP contribution >= 0.6 is 0 Å². The molecule has 1 heterocycles. The molecule has 0 spiro atoms. The van der Waals surface area contributed by atoms with E-state index in [4.69, 9.17) is 0 Å². The number of hydrogen-bond donors (Lipinski definition) is 0. The van der Waals surface area contributed by atoms with Crippen LogP contribution in [0.3, 0.4) is 0 Å². The van der Waals surface area contributed by atoms with Crippen LogP contribution in [0.25, 0.3) is 34.4 Å². The van der Waals surface area contributed by atoms with E-state index in [1.807, 2.05) is 0 Å². The number of benzene rings is 4. The van der Waals surface area contributed by atoms with Gasteiger partial charge < -0.3 is 0 Å². The molecule has 1 fully saturated rings. The van der Waals surface area contributed by atoms with E-state index in [0.717, 1.165) is 0 Å². The van der Waals surface area contributed by atoms with E-state index in [2.05, 4.69) is 148 Å². The molecule has 2 aliphatic carbocycles. The zero-order valence-corrected chi connectivity index (χ0v) is 31.6. The maximum absolute atomic E-state index is 3.08. The summed E-state index contributed by atoms with van der Waals surface area (Å²) in [4.78, 5) is 0. The molecule has 0 aromatic heterocycles. The van der Waals surface area contributed by atoms with Gasteiger partial charge in [-0.25, -0.2) is 0 Å². The number of fused-ring (bicyclic) bond motifs is 6. The summed E-state index contributed by atoms with van der Waals surface area (Å²) in [5.74, 6) is 1.06. The zero-order chi connectivity index (χ0) is 31.0. The van der Waals surface area contributed by atoms with Gasteiger partial charge in [0.1, 0.15) is 0 Å². The first-order valence-corrected chi connectivity index (χ1v) is 28.3. The zero-order valence-electron chi connectivity index (χ0n) is 28.0. The summed E-state index contributed by atoms with van der Waals surface area (Å²) < 4.78 is 6.78. The number of allylic oxidation sites excluding steroid dienone is 2. The van der Waals surface area contributed by atoms with E-state index in [9.17, 15) is 0 Å². The van der Waals surface area contributed by atoms with Gasteiger partial charge in [-0.2, -0.15) is 0 Å². The van der Waals surface area contributed by atoms with E-state index >= 15 is 0 Å². The number of hydrogen-bond acceptors (Lipinski definition) is 0. The molecule has 0 N–H and O–H groups in total. The third-order valence-corrected chi connectivity index (χ3v) is 26.5. The molecule has 4 aromatic carbocycles. The van der Waals surface area contributed by atoms with Crippen molar-refractivity contribution < 1.29 is 20.0 Å². The van der Waals surface area contributed by atoms with Crippen molar-refractivity contribution in [1.29, 1.82) is 0 Å². The van der Waals surface area contributed by atoms with Crippen molar-refractivity contribution in [3.63, 3.8) is 0 Å². The average molecular weight is 743 g/mol. The van der Waals surface area contributed by atoms with Gasteiger partial charge in [0, 0.05) is 0 Å². The van der Waals surface area contributed by atoms with Crippen LogP contribution in [-0.4, -0.2) is 0 Å². The Labute approximate surface area is 270 Å². The second kappa shape index (κ2) is 10.9. The van der Waals surface area contributed by atoms with Crippen molar-refractivity contribution in [2.75, 3.05) is 0 Å². The van der Waals surface area contributed by atoms with Crippen LogP contribution in [0.15, 0.2) is 96.1 Å². The molecule has 0 radical (unpaired) electrons. The molecule has 0 bridgehead atoms. The van der Waals surface area contributed by atoms with Crippen molar-refractivity contribution in [3.8, 4) is 22.3 Å². The van der Waals surface area contributed by atoms with Gasteiger partial charge in [-0.05, 0) is 0 Å². The fraction of sp³-hybridized carbons (Fsp3) is 0.349. The van der Waals surface area contributed by atoms with Crippen molar-refractivity contribution in [2.24, 2.45) is 5.41 Å². The van der Waals surface area contributed by atoms with E-state index in [-0.39, 0.29) is 5.41 Å². The van der Waals surface area contributed by atoms with Gasteiger partial charge >= 0.3 is 272 Å². The molecule has 0 nitrogen and oxygen atoms in total. The van der Waals surface area contributed by atoms with E-state index < -0.39 is 20.0 Å². The summed E-state index contributed by atoms with van der Waals surface area (Å²) in [6.07, 6.45) is 7.77. The van der Waals surface area contributed by atoms with E-state index in [0.29, 0.717) is 19.2 Å². The minimum atomic E-state index is -3.08.